The molecule has 3 nitrogen and oxygen atoms in total. The van der Waals surface area contributed by atoms with Gasteiger partial charge in [-0.2, -0.15) is 0 Å². The summed E-state index contributed by atoms with van der Waals surface area (Å²) in [6, 6.07) is 10.6. The van der Waals surface area contributed by atoms with E-state index >= 15 is 0 Å². The molecule has 1 heterocycles. The maximum absolute atomic E-state index is 13.0. The SMILES string of the molecule is CCOC(=O)C1(c2ccccc2)CCCCC1N1CCCC1. The fourth-order valence-electron chi connectivity index (χ4n) is 4.39. The van der Waals surface area contributed by atoms with E-state index in [4.69, 9.17) is 4.74 Å². The summed E-state index contributed by atoms with van der Waals surface area (Å²) in [5.74, 6) is -0.0159. The molecular formula is C19H27NO2. The van der Waals surface area contributed by atoms with Gasteiger partial charge in [0.1, 0.15) is 5.41 Å². The third kappa shape index (κ3) is 2.67. The lowest BCUT2D eigenvalue weighted by Gasteiger charge is -2.46. The summed E-state index contributed by atoms with van der Waals surface area (Å²) < 4.78 is 5.56. The van der Waals surface area contributed by atoms with Gasteiger partial charge in [0.15, 0.2) is 0 Å². The van der Waals surface area contributed by atoms with Crippen molar-refractivity contribution in [1.29, 1.82) is 0 Å². The molecule has 1 saturated heterocycles. The number of hydrogen-bond donors (Lipinski definition) is 0. The van der Waals surface area contributed by atoms with E-state index in [2.05, 4.69) is 17.0 Å². The van der Waals surface area contributed by atoms with Crippen LogP contribution in [0.2, 0.25) is 0 Å². The highest BCUT2D eigenvalue weighted by atomic mass is 16.5. The Hall–Kier alpha value is -1.35. The number of ether oxygens (including phenoxy) is 1. The van der Waals surface area contributed by atoms with Crippen molar-refractivity contribution in [3.63, 3.8) is 0 Å². The van der Waals surface area contributed by atoms with Crippen LogP contribution in [-0.2, 0) is 14.9 Å². The van der Waals surface area contributed by atoms with E-state index in [0.717, 1.165) is 37.9 Å². The van der Waals surface area contributed by atoms with Gasteiger partial charge < -0.3 is 4.74 Å². The molecule has 3 rings (SSSR count). The average molecular weight is 301 g/mol. The molecule has 1 saturated carbocycles. The minimum atomic E-state index is -0.472. The van der Waals surface area contributed by atoms with E-state index in [1.165, 1.54) is 19.3 Å². The molecule has 0 spiro atoms. The van der Waals surface area contributed by atoms with Gasteiger partial charge in [-0.05, 0) is 51.3 Å². The maximum Gasteiger partial charge on any atom is 0.318 e. The molecule has 2 unspecified atom stereocenters. The van der Waals surface area contributed by atoms with Crippen LogP contribution in [0.25, 0.3) is 0 Å². The molecule has 2 fully saturated rings. The first-order valence-corrected chi connectivity index (χ1v) is 8.76. The fraction of sp³-hybridized carbons (Fsp3) is 0.632. The van der Waals surface area contributed by atoms with Crippen LogP contribution in [0.4, 0.5) is 0 Å². The summed E-state index contributed by atoms with van der Waals surface area (Å²) in [5.41, 5.74) is 0.671. The fourth-order valence-corrected chi connectivity index (χ4v) is 4.39. The van der Waals surface area contributed by atoms with Crippen molar-refractivity contribution in [3.8, 4) is 0 Å². The number of hydrogen-bond acceptors (Lipinski definition) is 3. The number of likely N-dealkylation sites (tertiary alicyclic amines) is 1. The van der Waals surface area contributed by atoms with Crippen LogP contribution < -0.4 is 0 Å². The van der Waals surface area contributed by atoms with Crippen molar-refractivity contribution in [2.75, 3.05) is 19.7 Å². The Bertz CT molecular complexity index is 495. The maximum atomic E-state index is 13.0. The Morgan fingerprint density at radius 2 is 1.91 bits per heavy atom. The molecule has 0 N–H and O–H groups in total. The Balaban J connectivity index is 2.03. The van der Waals surface area contributed by atoms with Crippen LogP contribution in [0, 0.1) is 0 Å². The zero-order valence-electron chi connectivity index (χ0n) is 13.6. The average Bonchev–Trinajstić information content (AvgIpc) is 3.10. The number of esters is 1. The molecule has 1 aromatic carbocycles. The number of nitrogens with zero attached hydrogens (tertiary/aromatic N) is 1. The Morgan fingerprint density at radius 1 is 1.18 bits per heavy atom. The standard InChI is InChI=1S/C19H27NO2/c1-2-22-18(21)19(16-10-4-3-5-11-16)13-7-6-12-17(19)20-14-8-9-15-20/h3-5,10-11,17H,2,6-9,12-15H2,1H3. The van der Waals surface area contributed by atoms with Crippen LogP contribution in [0.15, 0.2) is 30.3 Å². The minimum absolute atomic E-state index is 0.0159. The van der Waals surface area contributed by atoms with Crippen LogP contribution in [0.5, 0.6) is 0 Å². The molecular weight excluding hydrogens is 274 g/mol. The lowest BCUT2D eigenvalue weighted by atomic mass is 9.65. The summed E-state index contributed by atoms with van der Waals surface area (Å²) in [4.78, 5) is 15.6. The zero-order valence-corrected chi connectivity index (χ0v) is 13.6. The normalized spacial score (nSPS) is 29.4. The Labute approximate surface area is 133 Å². The first kappa shape index (κ1) is 15.5. The van der Waals surface area contributed by atoms with E-state index in [0.29, 0.717) is 12.6 Å². The predicted molar refractivity (Wildman–Crippen MR) is 87.8 cm³/mol. The molecule has 1 aliphatic carbocycles. The van der Waals surface area contributed by atoms with Gasteiger partial charge >= 0.3 is 5.97 Å². The van der Waals surface area contributed by atoms with Gasteiger partial charge in [0.05, 0.1) is 6.61 Å². The highest BCUT2D eigenvalue weighted by molar-refractivity contribution is 5.84. The Morgan fingerprint density at radius 3 is 2.59 bits per heavy atom. The summed E-state index contributed by atoms with van der Waals surface area (Å²) in [5, 5.41) is 0. The second-order valence-corrected chi connectivity index (χ2v) is 6.56. The van der Waals surface area contributed by atoms with Gasteiger partial charge in [0, 0.05) is 6.04 Å². The van der Waals surface area contributed by atoms with Gasteiger partial charge in [-0.1, -0.05) is 43.2 Å². The van der Waals surface area contributed by atoms with Crippen molar-refractivity contribution in [2.45, 2.75) is 56.9 Å². The van der Waals surface area contributed by atoms with Crippen molar-refractivity contribution in [3.05, 3.63) is 35.9 Å². The summed E-state index contributed by atoms with van der Waals surface area (Å²) in [7, 11) is 0. The lowest BCUT2D eigenvalue weighted by molar-refractivity contribution is -0.155. The molecule has 1 aliphatic heterocycles. The lowest BCUT2D eigenvalue weighted by Crippen LogP contribution is -2.56. The molecule has 0 aromatic heterocycles. The molecule has 0 bridgehead atoms. The number of rotatable bonds is 4. The number of carbonyl (C=O) groups excluding carboxylic acids is 1. The van der Waals surface area contributed by atoms with E-state index in [1.54, 1.807) is 0 Å². The van der Waals surface area contributed by atoms with Crippen molar-refractivity contribution in [2.24, 2.45) is 0 Å². The molecule has 120 valence electrons. The minimum Gasteiger partial charge on any atom is -0.465 e. The van der Waals surface area contributed by atoms with Crippen LogP contribution in [-0.4, -0.2) is 36.6 Å². The summed E-state index contributed by atoms with van der Waals surface area (Å²) >= 11 is 0. The number of carbonyl (C=O) groups is 1. The monoisotopic (exact) mass is 301 g/mol. The smallest absolute Gasteiger partial charge is 0.318 e. The third-order valence-corrected chi connectivity index (χ3v) is 5.38. The second-order valence-electron chi connectivity index (χ2n) is 6.56. The van der Waals surface area contributed by atoms with Crippen molar-refractivity contribution >= 4 is 5.97 Å². The topological polar surface area (TPSA) is 29.5 Å². The summed E-state index contributed by atoms with van der Waals surface area (Å²) in [6.07, 6.45) is 6.85. The van der Waals surface area contributed by atoms with Gasteiger partial charge in [0.25, 0.3) is 0 Å². The van der Waals surface area contributed by atoms with Crippen LogP contribution in [0.1, 0.15) is 51.0 Å². The quantitative estimate of drug-likeness (QED) is 0.797. The van der Waals surface area contributed by atoms with Gasteiger partial charge in [-0.3, -0.25) is 9.69 Å². The molecule has 0 radical (unpaired) electrons. The van der Waals surface area contributed by atoms with Crippen molar-refractivity contribution in [1.82, 2.24) is 4.90 Å². The largest absolute Gasteiger partial charge is 0.465 e. The van der Waals surface area contributed by atoms with Crippen molar-refractivity contribution < 1.29 is 9.53 Å². The van der Waals surface area contributed by atoms with E-state index in [-0.39, 0.29) is 5.97 Å². The third-order valence-electron chi connectivity index (χ3n) is 5.38. The highest BCUT2D eigenvalue weighted by Gasteiger charge is 2.51. The van der Waals surface area contributed by atoms with Crippen LogP contribution >= 0.6 is 0 Å². The number of benzene rings is 1. The van der Waals surface area contributed by atoms with Gasteiger partial charge in [-0.25, -0.2) is 0 Å². The molecule has 2 atom stereocenters. The molecule has 2 aliphatic rings. The van der Waals surface area contributed by atoms with Gasteiger partial charge in [-0.15, -0.1) is 0 Å². The van der Waals surface area contributed by atoms with Gasteiger partial charge in [0.2, 0.25) is 0 Å². The first-order chi connectivity index (χ1) is 10.8. The highest BCUT2D eigenvalue weighted by Crippen LogP contribution is 2.44. The van der Waals surface area contributed by atoms with E-state index in [1.807, 2.05) is 25.1 Å². The zero-order chi connectivity index (χ0) is 15.4. The Kier molecular flexibility index (Phi) is 4.82. The van der Waals surface area contributed by atoms with Crippen LogP contribution in [0.3, 0.4) is 0 Å². The molecule has 0 amide bonds. The second kappa shape index (κ2) is 6.82. The summed E-state index contributed by atoms with van der Waals surface area (Å²) in [6.45, 7) is 4.61. The molecule has 1 aromatic rings. The predicted octanol–water partition coefficient (Wildman–Crippen LogP) is 3.53. The van der Waals surface area contributed by atoms with E-state index in [9.17, 15) is 4.79 Å². The molecule has 22 heavy (non-hydrogen) atoms. The molecule has 3 heteroatoms. The first-order valence-electron chi connectivity index (χ1n) is 8.76. The van der Waals surface area contributed by atoms with E-state index < -0.39 is 5.41 Å².